The number of rotatable bonds is 5. The molecule has 0 aliphatic heterocycles. The van der Waals surface area contributed by atoms with Gasteiger partial charge in [0.2, 0.25) is 0 Å². The van der Waals surface area contributed by atoms with Crippen LogP contribution in [0.2, 0.25) is 5.02 Å². The first-order valence-electron chi connectivity index (χ1n) is 7.68. The van der Waals surface area contributed by atoms with Crippen molar-refractivity contribution in [2.45, 2.75) is 12.1 Å². The highest BCUT2D eigenvalue weighted by Crippen LogP contribution is 2.22. The van der Waals surface area contributed by atoms with Crippen LogP contribution < -0.4 is 5.43 Å². The molecule has 0 saturated carbocycles. The number of aryl methyl sites for hydroxylation is 1. The molecular weight excluding hydrogens is 356 g/mol. The highest BCUT2D eigenvalue weighted by atomic mass is 35.5. The lowest BCUT2D eigenvalue weighted by Gasteiger charge is -2.04. The summed E-state index contributed by atoms with van der Waals surface area (Å²) in [5, 5.41) is 5.60. The molecule has 0 radical (unpaired) electrons. The van der Waals surface area contributed by atoms with Crippen molar-refractivity contribution in [1.29, 1.82) is 0 Å². The molecule has 2 aromatic carbocycles. The number of hydrazone groups is 1. The van der Waals surface area contributed by atoms with Gasteiger partial charge in [-0.15, -0.1) is 0 Å². The summed E-state index contributed by atoms with van der Waals surface area (Å²) in [7, 11) is 1.94. The number of nitrogens with zero attached hydrogens (tertiary/aromatic N) is 3. The first-order chi connectivity index (χ1) is 12.0. The zero-order valence-electron chi connectivity index (χ0n) is 13.9. The number of carbonyl (C=O) groups is 1. The van der Waals surface area contributed by atoms with Crippen molar-refractivity contribution in [2.75, 3.05) is 5.75 Å². The fourth-order valence-electron chi connectivity index (χ4n) is 2.32. The van der Waals surface area contributed by atoms with Crippen molar-refractivity contribution < 1.29 is 4.79 Å². The second kappa shape index (κ2) is 7.72. The molecule has 1 N–H and O–H groups in total. The molecule has 3 aromatic rings. The summed E-state index contributed by atoms with van der Waals surface area (Å²) in [6, 6.07) is 15.2. The summed E-state index contributed by atoms with van der Waals surface area (Å²) in [6.45, 7) is 1.84. The zero-order valence-corrected chi connectivity index (χ0v) is 15.4. The lowest BCUT2D eigenvalue weighted by Crippen LogP contribution is -2.21. The first-order valence-corrected chi connectivity index (χ1v) is 9.04. The molecule has 1 amide bonds. The van der Waals surface area contributed by atoms with Crippen molar-refractivity contribution in [1.82, 2.24) is 15.0 Å². The average molecular weight is 373 g/mol. The van der Waals surface area contributed by atoms with E-state index in [2.05, 4.69) is 15.5 Å². The van der Waals surface area contributed by atoms with E-state index in [0.29, 0.717) is 5.02 Å². The normalized spacial score (nSPS) is 11.7. The van der Waals surface area contributed by atoms with E-state index in [-0.39, 0.29) is 11.7 Å². The molecular formula is C18H17ClN4OS. The van der Waals surface area contributed by atoms with Gasteiger partial charge in [0.15, 0.2) is 5.16 Å². The smallest absolute Gasteiger partial charge is 0.250 e. The Morgan fingerprint density at radius 3 is 2.68 bits per heavy atom. The van der Waals surface area contributed by atoms with Gasteiger partial charge < -0.3 is 4.57 Å². The Morgan fingerprint density at radius 2 is 1.96 bits per heavy atom. The number of thioether (sulfide) groups is 1. The number of fused-ring (bicyclic) bond motifs is 1. The summed E-state index contributed by atoms with van der Waals surface area (Å²) in [5.74, 6) is 0.0690. The number of imidazole rings is 1. The number of hydrogen-bond acceptors (Lipinski definition) is 4. The Labute approximate surface area is 155 Å². The Balaban J connectivity index is 1.59. The van der Waals surface area contributed by atoms with Gasteiger partial charge in [0, 0.05) is 12.1 Å². The maximum Gasteiger partial charge on any atom is 0.250 e. The summed E-state index contributed by atoms with van der Waals surface area (Å²) in [5.41, 5.74) is 6.17. The van der Waals surface area contributed by atoms with E-state index in [1.807, 2.05) is 54.9 Å². The minimum Gasteiger partial charge on any atom is -0.322 e. The molecule has 0 saturated heterocycles. The monoisotopic (exact) mass is 372 g/mol. The van der Waals surface area contributed by atoms with E-state index >= 15 is 0 Å². The van der Waals surface area contributed by atoms with Crippen molar-refractivity contribution in [3.63, 3.8) is 0 Å². The molecule has 3 rings (SSSR count). The van der Waals surface area contributed by atoms with E-state index in [1.54, 1.807) is 12.1 Å². The number of hydrogen-bond donors (Lipinski definition) is 1. The topological polar surface area (TPSA) is 59.3 Å². The van der Waals surface area contributed by atoms with Gasteiger partial charge in [-0.05, 0) is 36.8 Å². The van der Waals surface area contributed by atoms with Crippen LogP contribution in [-0.4, -0.2) is 26.9 Å². The number of para-hydroxylation sites is 2. The van der Waals surface area contributed by atoms with Crippen LogP contribution in [0.4, 0.5) is 0 Å². The van der Waals surface area contributed by atoms with Crippen LogP contribution in [0.5, 0.6) is 0 Å². The molecule has 0 aliphatic rings. The van der Waals surface area contributed by atoms with Crippen LogP contribution in [0.1, 0.15) is 12.5 Å². The van der Waals surface area contributed by atoms with Crippen molar-refractivity contribution >= 4 is 46.0 Å². The molecule has 1 aromatic heterocycles. The molecule has 0 atom stereocenters. The number of amides is 1. The minimum absolute atomic E-state index is 0.176. The predicted molar refractivity (Wildman–Crippen MR) is 103 cm³/mol. The second-order valence-electron chi connectivity index (χ2n) is 5.47. The molecule has 128 valence electrons. The van der Waals surface area contributed by atoms with Crippen molar-refractivity contribution in [2.24, 2.45) is 12.1 Å². The standard InChI is InChI=1S/C18H17ClN4OS/c1-12(13-7-9-14(19)10-8-13)21-22-17(24)11-25-18-20-15-5-3-4-6-16(15)23(18)2/h3-10H,11H2,1-2H3,(H,22,24)/b21-12-. The van der Waals surface area contributed by atoms with Crippen LogP contribution in [0.25, 0.3) is 11.0 Å². The minimum atomic E-state index is -0.176. The van der Waals surface area contributed by atoms with Crippen LogP contribution in [0.3, 0.4) is 0 Å². The second-order valence-corrected chi connectivity index (χ2v) is 6.85. The number of carbonyl (C=O) groups excluding carboxylic acids is 1. The highest BCUT2D eigenvalue weighted by molar-refractivity contribution is 7.99. The summed E-state index contributed by atoms with van der Waals surface area (Å²) in [4.78, 5) is 16.6. The quantitative estimate of drug-likeness (QED) is 0.420. The average Bonchev–Trinajstić information content (AvgIpc) is 2.95. The van der Waals surface area contributed by atoms with E-state index < -0.39 is 0 Å². The van der Waals surface area contributed by atoms with Gasteiger partial charge in [0.25, 0.3) is 5.91 Å². The van der Waals surface area contributed by atoms with Crippen molar-refractivity contribution in [3.8, 4) is 0 Å². The molecule has 0 unspecified atom stereocenters. The zero-order chi connectivity index (χ0) is 17.8. The molecule has 5 nitrogen and oxygen atoms in total. The molecule has 0 bridgehead atoms. The molecule has 25 heavy (non-hydrogen) atoms. The third kappa shape index (κ3) is 4.21. The number of nitrogens with one attached hydrogen (secondary N) is 1. The Hall–Kier alpha value is -2.31. The third-order valence-corrected chi connectivity index (χ3v) is 4.97. The van der Waals surface area contributed by atoms with E-state index in [4.69, 9.17) is 11.6 Å². The van der Waals surface area contributed by atoms with E-state index in [1.165, 1.54) is 11.8 Å². The Kier molecular flexibility index (Phi) is 5.40. The Bertz CT molecular complexity index is 934. The van der Waals surface area contributed by atoms with E-state index in [9.17, 15) is 4.79 Å². The van der Waals surface area contributed by atoms with Gasteiger partial charge in [0.1, 0.15) is 0 Å². The lowest BCUT2D eigenvalue weighted by molar-refractivity contribution is -0.118. The third-order valence-electron chi connectivity index (χ3n) is 3.69. The van der Waals surface area contributed by atoms with Gasteiger partial charge >= 0.3 is 0 Å². The molecule has 7 heteroatoms. The Morgan fingerprint density at radius 1 is 1.24 bits per heavy atom. The first kappa shape index (κ1) is 17.5. The lowest BCUT2D eigenvalue weighted by atomic mass is 10.1. The molecule has 0 spiro atoms. The van der Waals surface area contributed by atoms with Gasteiger partial charge in [-0.1, -0.05) is 47.6 Å². The van der Waals surface area contributed by atoms with Gasteiger partial charge in [-0.2, -0.15) is 5.10 Å². The summed E-state index contributed by atoms with van der Waals surface area (Å²) in [6.07, 6.45) is 0. The number of halogens is 1. The van der Waals surface area contributed by atoms with E-state index in [0.717, 1.165) is 27.5 Å². The van der Waals surface area contributed by atoms with Gasteiger partial charge in [-0.25, -0.2) is 10.4 Å². The SMILES string of the molecule is C/C(=N/NC(=O)CSc1nc2ccccc2n1C)c1ccc(Cl)cc1. The maximum atomic E-state index is 12.0. The van der Waals surface area contributed by atoms with Crippen LogP contribution in [-0.2, 0) is 11.8 Å². The maximum absolute atomic E-state index is 12.0. The van der Waals surface area contributed by atoms with Crippen molar-refractivity contribution in [3.05, 3.63) is 59.1 Å². The fourth-order valence-corrected chi connectivity index (χ4v) is 3.22. The van der Waals surface area contributed by atoms with Gasteiger partial charge in [0.05, 0.1) is 22.5 Å². The fraction of sp³-hybridized carbons (Fsp3) is 0.167. The van der Waals surface area contributed by atoms with Crippen LogP contribution >= 0.6 is 23.4 Å². The predicted octanol–water partition coefficient (Wildman–Crippen LogP) is 3.86. The molecule has 1 heterocycles. The molecule has 0 fully saturated rings. The highest BCUT2D eigenvalue weighted by Gasteiger charge is 2.10. The van der Waals surface area contributed by atoms with Gasteiger partial charge in [-0.3, -0.25) is 4.79 Å². The number of benzene rings is 2. The number of aromatic nitrogens is 2. The summed E-state index contributed by atoms with van der Waals surface area (Å²) >= 11 is 7.25. The molecule has 0 aliphatic carbocycles. The van der Waals surface area contributed by atoms with Crippen LogP contribution in [0.15, 0.2) is 58.8 Å². The largest absolute Gasteiger partial charge is 0.322 e. The van der Waals surface area contributed by atoms with Crippen LogP contribution in [0, 0.1) is 0 Å². The summed E-state index contributed by atoms with van der Waals surface area (Å²) < 4.78 is 1.98.